The van der Waals surface area contributed by atoms with E-state index in [9.17, 15) is 28.8 Å². The van der Waals surface area contributed by atoms with Crippen molar-refractivity contribution in [2.75, 3.05) is 6.54 Å². The molecule has 136 valence electrons. The zero-order chi connectivity index (χ0) is 18.4. The first-order valence-corrected chi connectivity index (χ1v) is 9.87. The molecule has 1 aromatic rings. The van der Waals surface area contributed by atoms with E-state index in [0.717, 1.165) is 5.56 Å². The molecular formula is C12H17NNa2O9P2. The third-order valence-corrected chi connectivity index (χ3v) is 6.85. The number of alkyl carbamates (subject to hydrolysis) is 1. The molecule has 0 spiro atoms. The fourth-order valence-electron chi connectivity index (χ4n) is 1.73. The van der Waals surface area contributed by atoms with Crippen LogP contribution in [0.3, 0.4) is 0 Å². The number of carbonyl (C=O) groups excluding carboxylic acids is 1. The Kier molecular flexibility index (Phi) is 13.7. The van der Waals surface area contributed by atoms with Gasteiger partial charge in [0.15, 0.2) is 5.08 Å². The molecule has 1 aromatic carbocycles. The molecule has 1 amide bonds. The summed E-state index contributed by atoms with van der Waals surface area (Å²) in [6, 6.07) is 8.75. The van der Waals surface area contributed by atoms with Crippen LogP contribution < -0.4 is 74.2 Å². The Bertz CT molecular complexity index is 627. The fourth-order valence-corrected chi connectivity index (χ4v) is 3.89. The van der Waals surface area contributed by atoms with Crippen LogP contribution in [-0.2, 0) is 20.5 Å². The monoisotopic (exact) mass is 427 g/mol. The third-order valence-electron chi connectivity index (χ3n) is 3.08. The molecule has 0 fully saturated rings. The van der Waals surface area contributed by atoms with Crippen LogP contribution in [0, 0.1) is 0 Å². The molecule has 1 unspecified atom stereocenters. The molecular weight excluding hydrogens is 410 g/mol. The first kappa shape index (κ1) is 29.0. The van der Waals surface area contributed by atoms with Crippen molar-refractivity contribution in [1.29, 1.82) is 0 Å². The summed E-state index contributed by atoms with van der Waals surface area (Å²) in [6.45, 7) is -0.259. The second-order valence-corrected chi connectivity index (χ2v) is 8.82. The van der Waals surface area contributed by atoms with Gasteiger partial charge in [-0.05, 0) is 26.0 Å². The number of amides is 1. The zero-order valence-corrected chi connectivity index (χ0v) is 20.2. The molecule has 0 saturated carbocycles. The molecule has 10 nitrogen and oxygen atoms in total. The number of carbonyl (C=O) groups is 1. The minimum absolute atomic E-state index is 0. The van der Waals surface area contributed by atoms with Crippen molar-refractivity contribution in [2.45, 2.75) is 24.5 Å². The summed E-state index contributed by atoms with van der Waals surface area (Å²) in [5, 5.41) is 8.02. The predicted octanol–water partition coefficient (Wildman–Crippen LogP) is -6.56. The van der Waals surface area contributed by atoms with Crippen LogP contribution in [0.1, 0.15) is 18.4 Å². The maximum Gasteiger partial charge on any atom is 1.00 e. The minimum Gasteiger partial charge on any atom is -0.808 e. The smallest absolute Gasteiger partial charge is 0.808 e. The van der Waals surface area contributed by atoms with Crippen molar-refractivity contribution in [3.63, 3.8) is 0 Å². The van der Waals surface area contributed by atoms with Crippen LogP contribution in [0.25, 0.3) is 0 Å². The average Bonchev–Trinajstić information content (AvgIpc) is 2.48. The zero-order valence-electron chi connectivity index (χ0n) is 14.4. The van der Waals surface area contributed by atoms with Gasteiger partial charge in [0.25, 0.3) is 0 Å². The van der Waals surface area contributed by atoms with Gasteiger partial charge in [0, 0.05) is 6.54 Å². The van der Waals surface area contributed by atoms with Crippen LogP contribution in [-0.4, -0.2) is 32.6 Å². The first-order chi connectivity index (χ1) is 11.0. The summed E-state index contributed by atoms with van der Waals surface area (Å²) >= 11 is 0. The summed E-state index contributed by atoms with van der Waals surface area (Å²) in [5.74, 6) is 0. The van der Waals surface area contributed by atoms with Crippen LogP contribution in [0.15, 0.2) is 30.3 Å². The van der Waals surface area contributed by atoms with Crippen LogP contribution in [0.5, 0.6) is 0 Å². The van der Waals surface area contributed by atoms with Crippen LogP contribution >= 0.6 is 15.2 Å². The number of nitrogens with one attached hydrogen (secondary N) is 1. The quantitative estimate of drug-likeness (QED) is 0.178. The van der Waals surface area contributed by atoms with Crippen molar-refractivity contribution in [1.82, 2.24) is 5.32 Å². The van der Waals surface area contributed by atoms with E-state index in [1.165, 1.54) is 0 Å². The average molecular weight is 427 g/mol. The molecule has 1 rings (SSSR count). The van der Waals surface area contributed by atoms with Gasteiger partial charge in [-0.15, -0.1) is 0 Å². The third kappa shape index (κ3) is 8.84. The normalized spacial score (nSPS) is 13.6. The van der Waals surface area contributed by atoms with Crippen molar-refractivity contribution in [3.05, 3.63) is 35.9 Å². The molecule has 0 aliphatic rings. The maximum atomic E-state index is 11.4. The van der Waals surface area contributed by atoms with Gasteiger partial charge in [0.1, 0.15) is 6.61 Å². The number of rotatable bonds is 8. The number of hydrogen-bond acceptors (Lipinski definition) is 7. The summed E-state index contributed by atoms with van der Waals surface area (Å²) in [5.41, 5.74) is 0.738. The molecule has 0 radical (unpaired) electrons. The second kappa shape index (κ2) is 12.3. The molecule has 0 aromatic heterocycles. The van der Waals surface area contributed by atoms with E-state index in [2.05, 4.69) is 5.32 Å². The Morgan fingerprint density at radius 2 is 1.69 bits per heavy atom. The summed E-state index contributed by atoms with van der Waals surface area (Å²) in [4.78, 5) is 51.0. The maximum absolute atomic E-state index is 11.4. The molecule has 14 heteroatoms. The fraction of sp³-hybridized carbons (Fsp3) is 0.417. The van der Waals surface area contributed by atoms with Crippen molar-refractivity contribution >= 4 is 21.3 Å². The second-order valence-electron chi connectivity index (χ2n) is 4.91. The van der Waals surface area contributed by atoms with E-state index in [4.69, 9.17) is 14.5 Å². The van der Waals surface area contributed by atoms with Gasteiger partial charge in [0.2, 0.25) is 0 Å². The first-order valence-electron chi connectivity index (χ1n) is 6.72. The van der Waals surface area contributed by atoms with Crippen LogP contribution in [0.4, 0.5) is 4.79 Å². The predicted molar refractivity (Wildman–Crippen MR) is 78.5 cm³/mol. The van der Waals surface area contributed by atoms with E-state index in [1.807, 2.05) is 0 Å². The SMILES string of the molecule is O=C(NCCCC(O)(P(=O)([O-])[O-])P(=O)(O)O)OCc1ccccc1.[Na+].[Na+]. The van der Waals surface area contributed by atoms with Gasteiger partial charge >= 0.3 is 72.8 Å². The summed E-state index contributed by atoms with van der Waals surface area (Å²) in [7, 11) is -11.6. The Morgan fingerprint density at radius 1 is 1.15 bits per heavy atom. The molecule has 0 bridgehead atoms. The van der Waals surface area contributed by atoms with Gasteiger partial charge in [-0.25, -0.2) is 4.79 Å². The molecule has 0 saturated heterocycles. The molecule has 26 heavy (non-hydrogen) atoms. The Labute approximate surface area is 194 Å². The van der Waals surface area contributed by atoms with Crippen molar-refractivity contribution in [3.8, 4) is 0 Å². The minimum atomic E-state index is -5.98. The van der Waals surface area contributed by atoms with Gasteiger partial charge in [-0.2, -0.15) is 0 Å². The van der Waals surface area contributed by atoms with E-state index in [1.54, 1.807) is 30.3 Å². The summed E-state index contributed by atoms with van der Waals surface area (Å²) < 4.78 is 26.8. The number of benzene rings is 1. The molecule has 4 N–H and O–H groups in total. The number of aliphatic hydroxyl groups is 1. The van der Waals surface area contributed by atoms with E-state index in [0.29, 0.717) is 0 Å². The van der Waals surface area contributed by atoms with E-state index < -0.39 is 32.8 Å². The molecule has 0 aliphatic heterocycles. The molecule has 1 atom stereocenters. The Hall–Kier alpha value is 0.750. The van der Waals surface area contributed by atoms with Crippen LogP contribution in [0.2, 0.25) is 0 Å². The van der Waals surface area contributed by atoms with Gasteiger partial charge in [0.05, 0.1) is 0 Å². The Balaban J connectivity index is 0. The number of hydrogen-bond donors (Lipinski definition) is 4. The van der Waals surface area contributed by atoms with Gasteiger partial charge in [-0.1, -0.05) is 30.3 Å². The Morgan fingerprint density at radius 3 is 2.15 bits per heavy atom. The van der Waals surface area contributed by atoms with E-state index in [-0.39, 0.29) is 78.7 Å². The van der Waals surface area contributed by atoms with Crippen molar-refractivity contribution in [2.24, 2.45) is 0 Å². The molecule has 0 heterocycles. The topological polar surface area (TPSA) is 179 Å². The number of ether oxygens (including phenoxy) is 1. The standard InChI is InChI=1S/C12H19NO9P2.2Na/c14-11(22-9-10-5-2-1-3-6-10)13-8-4-7-12(15,23(16,17)18)24(19,20)21;;/h1-3,5-6,15H,4,7-9H2,(H,13,14)(H2,16,17,18)(H2,19,20,21);;/q;2*+1/p-2. The largest absolute Gasteiger partial charge is 1.00 e. The van der Waals surface area contributed by atoms with Crippen molar-refractivity contribution < 1.29 is 102 Å². The molecule has 0 aliphatic carbocycles. The van der Waals surface area contributed by atoms with Gasteiger partial charge in [-0.3, -0.25) is 4.57 Å². The van der Waals surface area contributed by atoms with Gasteiger partial charge < -0.3 is 39.3 Å². The van der Waals surface area contributed by atoms with E-state index >= 15 is 0 Å². The summed E-state index contributed by atoms with van der Waals surface area (Å²) in [6.07, 6.45) is -2.23.